The van der Waals surface area contributed by atoms with Gasteiger partial charge in [-0.3, -0.25) is 4.79 Å². The van der Waals surface area contributed by atoms with E-state index in [9.17, 15) is 4.79 Å². The van der Waals surface area contributed by atoms with Gasteiger partial charge < -0.3 is 0 Å². The molecule has 3 aliphatic rings. The summed E-state index contributed by atoms with van der Waals surface area (Å²) >= 11 is 0. The second-order valence-electron chi connectivity index (χ2n) is 6.85. The average molecular weight is 220 g/mol. The Hall–Kier alpha value is -0.330. The van der Waals surface area contributed by atoms with Gasteiger partial charge in [-0.25, -0.2) is 0 Å². The maximum absolute atomic E-state index is 12.3. The molecule has 3 rings (SSSR count). The van der Waals surface area contributed by atoms with Gasteiger partial charge in [0.25, 0.3) is 0 Å². The molecular formula is C15H24O. The molecule has 2 bridgehead atoms. The smallest absolute Gasteiger partial charge is 0.136 e. The van der Waals surface area contributed by atoms with Gasteiger partial charge in [0.15, 0.2) is 0 Å². The number of ketones is 1. The van der Waals surface area contributed by atoms with E-state index in [1.807, 2.05) is 0 Å². The van der Waals surface area contributed by atoms with Gasteiger partial charge in [0.1, 0.15) is 5.78 Å². The van der Waals surface area contributed by atoms with Crippen LogP contribution in [0.15, 0.2) is 0 Å². The topological polar surface area (TPSA) is 17.1 Å². The summed E-state index contributed by atoms with van der Waals surface area (Å²) in [6, 6.07) is 0. The van der Waals surface area contributed by atoms with Crippen molar-refractivity contribution in [1.82, 2.24) is 0 Å². The summed E-state index contributed by atoms with van der Waals surface area (Å²) in [4.78, 5) is 12.3. The first kappa shape index (κ1) is 10.8. The fourth-order valence-electron chi connectivity index (χ4n) is 5.06. The van der Waals surface area contributed by atoms with E-state index >= 15 is 0 Å². The quantitative estimate of drug-likeness (QED) is 0.659. The molecule has 0 aromatic rings. The minimum atomic E-state index is 0.437. The van der Waals surface area contributed by atoms with Crippen molar-refractivity contribution in [2.45, 2.75) is 52.4 Å². The lowest BCUT2D eigenvalue weighted by atomic mass is 9.65. The second-order valence-corrected chi connectivity index (χ2v) is 6.85. The Balaban J connectivity index is 1.76. The molecule has 16 heavy (non-hydrogen) atoms. The molecule has 0 aliphatic heterocycles. The monoisotopic (exact) mass is 220 g/mol. The molecule has 3 aliphatic carbocycles. The Morgan fingerprint density at radius 3 is 2.44 bits per heavy atom. The molecule has 6 atom stereocenters. The fourth-order valence-corrected chi connectivity index (χ4v) is 5.06. The van der Waals surface area contributed by atoms with E-state index in [1.54, 1.807) is 0 Å². The number of carbonyl (C=O) groups is 1. The van der Waals surface area contributed by atoms with Crippen molar-refractivity contribution in [3.05, 3.63) is 0 Å². The van der Waals surface area contributed by atoms with Gasteiger partial charge in [-0.2, -0.15) is 0 Å². The fraction of sp³-hybridized carbons (Fsp3) is 0.933. The van der Waals surface area contributed by atoms with E-state index in [0.717, 1.165) is 24.2 Å². The highest BCUT2D eigenvalue weighted by atomic mass is 16.1. The summed E-state index contributed by atoms with van der Waals surface area (Å²) in [6.45, 7) is 4.57. The predicted octanol–water partition coefficient (Wildman–Crippen LogP) is 3.67. The van der Waals surface area contributed by atoms with E-state index in [4.69, 9.17) is 0 Å². The summed E-state index contributed by atoms with van der Waals surface area (Å²) < 4.78 is 0. The van der Waals surface area contributed by atoms with Crippen molar-refractivity contribution in [2.24, 2.45) is 35.5 Å². The molecule has 90 valence electrons. The molecule has 0 radical (unpaired) electrons. The van der Waals surface area contributed by atoms with Crippen LogP contribution in [0, 0.1) is 35.5 Å². The Morgan fingerprint density at radius 1 is 1.06 bits per heavy atom. The Bertz CT molecular complexity index is 296. The van der Waals surface area contributed by atoms with E-state index in [-0.39, 0.29) is 0 Å². The third-order valence-electron chi connectivity index (χ3n) is 5.56. The highest BCUT2D eigenvalue weighted by Crippen LogP contribution is 2.54. The average Bonchev–Trinajstić information content (AvgIpc) is 2.77. The third-order valence-corrected chi connectivity index (χ3v) is 5.56. The van der Waals surface area contributed by atoms with Crippen molar-refractivity contribution in [3.8, 4) is 0 Å². The highest BCUT2D eigenvalue weighted by Gasteiger charge is 2.47. The van der Waals surface area contributed by atoms with Gasteiger partial charge >= 0.3 is 0 Å². The largest absolute Gasteiger partial charge is 0.299 e. The zero-order valence-corrected chi connectivity index (χ0v) is 10.6. The summed E-state index contributed by atoms with van der Waals surface area (Å²) in [7, 11) is 0. The van der Waals surface area contributed by atoms with Gasteiger partial charge in [-0.05, 0) is 55.3 Å². The van der Waals surface area contributed by atoms with Gasteiger partial charge in [-0.15, -0.1) is 0 Å². The van der Waals surface area contributed by atoms with Gasteiger partial charge in [0.2, 0.25) is 0 Å². The molecule has 0 amide bonds. The first-order valence-corrected chi connectivity index (χ1v) is 7.18. The lowest BCUT2D eigenvalue weighted by Gasteiger charge is -2.38. The highest BCUT2D eigenvalue weighted by molar-refractivity contribution is 5.82. The van der Waals surface area contributed by atoms with Crippen LogP contribution in [0.5, 0.6) is 0 Å². The van der Waals surface area contributed by atoms with Crippen LogP contribution in [0.25, 0.3) is 0 Å². The van der Waals surface area contributed by atoms with Crippen LogP contribution < -0.4 is 0 Å². The number of carbonyl (C=O) groups excluding carboxylic acids is 1. The van der Waals surface area contributed by atoms with Crippen molar-refractivity contribution >= 4 is 5.78 Å². The lowest BCUT2D eigenvalue weighted by Crippen LogP contribution is -2.38. The Kier molecular flexibility index (Phi) is 2.60. The van der Waals surface area contributed by atoms with Gasteiger partial charge in [0.05, 0.1) is 0 Å². The Morgan fingerprint density at radius 2 is 1.88 bits per heavy atom. The normalized spacial score (nSPS) is 52.2. The maximum Gasteiger partial charge on any atom is 0.136 e. The van der Waals surface area contributed by atoms with Crippen molar-refractivity contribution in [1.29, 1.82) is 0 Å². The molecule has 0 spiro atoms. The molecule has 0 saturated heterocycles. The molecule has 0 heterocycles. The number of fused-ring (bicyclic) bond motifs is 2. The SMILES string of the molecule is C[C@@H]1CC(=O)[C@@H]([C@@H]2C[C@H]3CC[C@H]2C3)[C@@H](C)C1. The summed E-state index contributed by atoms with van der Waals surface area (Å²) in [5, 5.41) is 0. The number of Topliss-reactive ketones (excluding diaryl/α,β-unsaturated/α-hetero) is 1. The van der Waals surface area contributed by atoms with Crippen LogP contribution in [0.2, 0.25) is 0 Å². The number of rotatable bonds is 1. The standard InChI is InChI=1S/C15H24O/c1-9-5-10(2)15(14(16)6-9)13-8-11-3-4-12(13)7-11/h9-13,15H,3-8H2,1-2H3/t9-,10-,11-,12-,13+,15+/m0/s1. The van der Waals surface area contributed by atoms with E-state index in [0.29, 0.717) is 23.5 Å². The second kappa shape index (κ2) is 3.85. The first-order valence-electron chi connectivity index (χ1n) is 7.18. The molecule has 3 saturated carbocycles. The third kappa shape index (κ3) is 1.63. The molecule has 0 unspecified atom stereocenters. The van der Waals surface area contributed by atoms with Crippen molar-refractivity contribution in [3.63, 3.8) is 0 Å². The molecule has 0 N–H and O–H groups in total. The van der Waals surface area contributed by atoms with Gasteiger partial charge in [0, 0.05) is 12.3 Å². The van der Waals surface area contributed by atoms with Crippen LogP contribution in [0.1, 0.15) is 52.4 Å². The first-order chi connectivity index (χ1) is 7.65. The summed E-state index contributed by atoms with van der Waals surface area (Å²) in [5.41, 5.74) is 0. The van der Waals surface area contributed by atoms with Crippen LogP contribution in [-0.4, -0.2) is 5.78 Å². The zero-order valence-electron chi connectivity index (χ0n) is 10.6. The van der Waals surface area contributed by atoms with Crippen LogP contribution in [-0.2, 0) is 4.79 Å². The maximum atomic E-state index is 12.3. The minimum absolute atomic E-state index is 0.437. The number of hydrogen-bond acceptors (Lipinski definition) is 1. The Labute approximate surface area is 99.0 Å². The van der Waals surface area contributed by atoms with E-state index in [1.165, 1.54) is 32.1 Å². The van der Waals surface area contributed by atoms with Crippen LogP contribution >= 0.6 is 0 Å². The lowest BCUT2D eigenvalue weighted by molar-refractivity contribution is -0.131. The van der Waals surface area contributed by atoms with Crippen LogP contribution in [0.3, 0.4) is 0 Å². The molecule has 0 aromatic carbocycles. The van der Waals surface area contributed by atoms with Crippen molar-refractivity contribution in [2.75, 3.05) is 0 Å². The van der Waals surface area contributed by atoms with Gasteiger partial charge in [-0.1, -0.05) is 20.3 Å². The van der Waals surface area contributed by atoms with Crippen molar-refractivity contribution < 1.29 is 4.79 Å². The molecule has 3 fully saturated rings. The number of hydrogen-bond donors (Lipinski definition) is 0. The van der Waals surface area contributed by atoms with E-state index < -0.39 is 0 Å². The molecule has 1 heteroatoms. The zero-order chi connectivity index (χ0) is 11.3. The summed E-state index contributed by atoms with van der Waals surface area (Å²) in [6.07, 6.45) is 7.83. The predicted molar refractivity (Wildman–Crippen MR) is 65.0 cm³/mol. The van der Waals surface area contributed by atoms with E-state index in [2.05, 4.69) is 13.8 Å². The van der Waals surface area contributed by atoms with Crippen LogP contribution in [0.4, 0.5) is 0 Å². The molecule has 0 aromatic heterocycles. The minimum Gasteiger partial charge on any atom is -0.299 e. The molecular weight excluding hydrogens is 196 g/mol. The molecule has 1 nitrogen and oxygen atoms in total. The summed E-state index contributed by atoms with van der Waals surface area (Å²) in [5.74, 6) is 4.99.